The Morgan fingerprint density at radius 3 is 2.50 bits per heavy atom. The molecule has 1 atom stereocenters. The molecule has 0 aliphatic carbocycles. The molecule has 5 nitrogen and oxygen atoms in total. The van der Waals surface area contributed by atoms with E-state index in [0.29, 0.717) is 5.56 Å². The van der Waals surface area contributed by atoms with Crippen LogP contribution >= 0.6 is 0 Å². The van der Waals surface area contributed by atoms with E-state index in [4.69, 9.17) is 0 Å². The Bertz CT molecular complexity index is 744. The maximum Gasteiger partial charge on any atom is 0.331 e. The highest BCUT2D eigenvalue weighted by molar-refractivity contribution is 5.27. The third-order valence-corrected chi connectivity index (χ3v) is 2.82. The average molecular weight is 276 g/mol. The molecule has 0 bridgehead atoms. The molecule has 0 saturated carbocycles. The second kappa shape index (κ2) is 5.56. The third-order valence-electron chi connectivity index (χ3n) is 2.82. The normalized spacial score (nSPS) is 12.7. The lowest BCUT2D eigenvalue weighted by molar-refractivity contribution is 0.398. The quantitative estimate of drug-likeness (QED) is 0.835. The minimum atomic E-state index is -0.734. The highest BCUT2D eigenvalue weighted by atomic mass is 19.1. The first-order valence-corrected chi connectivity index (χ1v) is 5.96. The van der Waals surface area contributed by atoms with Gasteiger partial charge in [-0.2, -0.15) is 0 Å². The molecule has 0 amide bonds. The summed E-state index contributed by atoms with van der Waals surface area (Å²) in [5.41, 5.74) is -0.807. The standard InChI is InChI=1S/C14H13FN2O3/c1-2-3-11(9-4-6-10(15)7-5-9)17-13(19)8-12(18)16-14(17)20/h2-8,11,19H,1H3,(H,16,18,20). The summed E-state index contributed by atoms with van der Waals surface area (Å²) in [6.45, 7) is 1.75. The van der Waals surface area contributed by atoms with E-state index in [2.05, 4.69) is 4.98 Å². The van der Waals surface area contributed by atoms with Gasteiger partial charge in [-0.1, -0.05) is 24.3 Å². The lowest BCUT2D eigenvalue weighted by atomic mass is 10.1. The van der Waals surface area contributed by atoms with Crippen LogP contribution in [0.4, 0.5) is 4.39 Å². The second-order valence-corrected chi connectivity index (χ2v) is 4.19. The van der Waals surface area contributed by atoms with Gasteiger partial charge in [0.05, 0.1) is 12.1 Å². The number of nitrogens with one attached hydrogen (secondary N) is 1. The molecular weight excluding hydrogens is 263 g/mol. The van der Waals surface area contributed by atoms with Crippen molar-refractivity contribution in [3.05, 3.63) is 74.7 Å². The van der Waals surface area contributed by atoms with Crippen LogP contribution in [0.2, 0.25) is 0 Å². The zero-order chi connectivity index (χ0) is 14.7. The average Bonchev–Trinajstić information content (AvgIpc) is 2.37. The molecule has 0 aliphatic rings. The highest BCUT2D eigenvalue weighted by Gasteiger charge is 2.16. The monoisotopic (exact) mass is 276 g/mol. The number of H-pyrrole nitrogens is 1. The molecule has 20 heavy (non-hydrogen) atoms. The van der Waals surface area contributed by atoms with Gasteiger partial charge >= 0.3 is 5.69 Å². The van der Waals surface area contributed by atoms with Crippen molar-refractivity contribution in [1.82, 2.24) is 9.55 Å². The predicted molar refractivity (Wildman–Crippen MR) is 72.3 cm³/mol. The number of benzene rings is 1. The van der Waals surface area contributed by atoms with E-state index >= 15 is 0 Å². The van der Waals surface area contributed by atoms with Crippen LogP contribution in [0.5, 0.6) is 5.88 Å². The van der Waals surface area contributed by atoms with E-state index in [1.54, 1.807) is 19.1 Å². The number of aromatic nitrogens is 2. The molecule has 2 rings (SSSR count). The Kier molecular flexibility index (Phi) is 3.84. The fraction of sp³-hybridized carbons (Fsp3) is 0.143. The fourth-order valence-electron chi connectivity index (χ4n) is 1.95. The Morgan fingerprint density at radius 2 is 1.95 bits per heavy atom. The van der Waals surface area contributed by atoms with Crippen molar-refractivity contribution < 1.29 is 9.50 Å². The third kappa shape index (κ3) is 2.69. The van der Waals surface area contributed by atoms with Gasteiger partial charge in [-0.3, -0.25) is 14.3 Å². The van der Waals surface area contributed by atoms with Gasteiger partial charge in [0.2, 0.25) is 5.88 Å². The number of aromatic hydroxyl groups is 1. The van der Waals surface area contributed by atoms with E-state index in [1.165, 1.54) is 24.3 Å². The topological polar surface area (TPSA) is 75.1 Å². The van der Waals surface area contributed by atoms with Crippen LogP contribution in [0.15, 0.2) is 52.1 Å². The van der Waals surface area contributed by atoms with E-state index in [1.807, 2.05) is 0 Å². The summed E-state index contributed by atoms with van der Waals surface area (Å²) in [5, 5.41) is 9.82. The molecule has 0 fully saturated rings. The Balaban J connectivity index is 2.63. The van der Waals surface area contributed by atoms with E-state index in [9.17, 15) is 19.1 Å². The lowest BCUT2D eigenvalue weighted by Crippen LogP contribution is -2.31. The number of rotatable bonds is 3. The molecule has 6 heteroatoms. The van der Waals surface area contributed by atoms with Crippen molar-refractivity contribution in [2.75, 3.05) is 0 Å². The number of aromatic amines is 1. The molecule has 1 heterocycles. The van der Waals surface area contributed by atoms with Crippen molar-refractivity contribution in [1.29, 1.82) is 0 Å². The molecule has 0 aliphatic heterocycles. The van der Waals surface area contributed by atoms with Crippen LogP contribution in [0.1, 0.15) is 18.5 Å². The Labute approximate surface area is 113 Å². The maximum absolute atomic E-state index is 13.0. The fourth-order valence-corrected chi connectivity index (χ4v) is 1.95. The number of allylic oxidation sites excluding steroid dienone is 2. The number of halogens is 1. The van der Waals surface area contributed by atoms with Gasteiger partial charge in [-0.15, -0.1) is 0 Å². The molecule has 2 aromatic rings. The molecule has 0 saturated heterocycles. The SMILES string of the molecule is CC=CC(c1ccc(F)cc1)n1c(O)cc(=O)[nH]c1=O. The minimum Gasteiger partial charge on any atom is -0.494 e. The van der Waals surface area contributed by atoms with E-state index in [0.717, 1.165) is 10.6 Å². The first-order valence-electron chi connectivity index (χ1n) is 5.96. The number of hydrogen-bond donors (Lipinski definition) is 2. The highest BCUT2D eigenvalue weighted by Crippen LogP contribution is 2.22. The first kappa shape index (κ1) is 13.8. The maximum atomic E-state index is 13.0. The Morgan fingerprint density at radius 1 is 1.30 bits per heavy atom. The number of hydrogen-bond acceptors (Lipinski definition) is 3. The van der Waals surface area contributed by atoms with Crippen LogP contribution in [-0.2, 0) is 0 Å². The molecule has 0 radical (unpaired) electrons. The van der Waals surface area contributed by atoms with Gasteiger partial charge in [0.25, 0.3) is 5.56 Å². The number of nitrogens with zero attached hydrogens (tertiary/aromatic N) is 1. The lowest BCUT2D eigenvalue weighted by Gasteiger charge is -2.17. The second-order valence-electron chi connectivity index (χ2n) is 4.19. The first-order chi connectivity index (χ1) is 9.52. The summed E-state index contributed by atoms with van der Waals surface area (Å²) in [5.74, 6) is -0.850. The van der Waals surface area contributed by atoms with Gasteiger partial charge in [-0.25, -0.2) is 9.18 Å². The zero-order valence-corrected chi connectivity index (χ0v) is 10.7. The predicted octanol–water partition coefficient (Wildman–Crippen LogP) is 1.55. The van der Waals surface area contributed by atoms with E-state index in [-0.39, 0.29) is 0 Å². The van der Waals surface area contributed by atoms with Crippen LogP contribution in [0, 0.1) is 5.82 Å². The van der Waals surface area contributed by atoms with Gasteiger partial charge in [0.1, 0.15) is 5.82 Å². The summed E-state index contributed by atoms with van der Waals surface area (Å²) in [7, 11) is 0. The molecule has 0 spiro atoms. The van der Waals surface area contributed by atoms with Gasteiger partial charge < -0.3 is 5.11 Å². The largest absolute Gasteiger partial charge is 0.494 e. The van der Waals surface area contributed by atoms with Crippen molar-refractivity contribution >= 4 is 0 Å². The van der Waals surface area contributed by atoms with E-state index < -0.39 is 29.0 Å². The van der Waals surface area contributed by atoms with Crippen molar-refractivity contribution in [3.8, 4) is 5.88 Å². The molecule has 1 aromatic heterocycles. The molecular formula is C14H13FN2O3. The zero-order valence-electron chi connectivity index (χ0n) is 10.7. The van der Waals surface area contributed by atoms with Crippen LogP contribution in [0.25, 0.3) is 0 Å². The van der Waals surface area contributed by atoms with Crippen molar-refractivity contribution in [2.24, 2.45) is 0 Å². The smallest absolute Gasteiger partial charge is 0.331 e. The van der Waals surface area contributed by atoms with Gasteiger partial charge in [-0.05, 0) is 24.6 Å². The van der Waals surface area contributed by atoms with Crippen molar-refractivity contribution in [3.63, 3.8) is 0 Å². The summed E-state index contributed by atoms with van der Waals surface area (Å²) in [6.07, 6.45) is 3.36. The van der Waals surface area contributed by atoms with Gasteiger partial charge in [0.15, 0.2) is 0 Å². The van der Waals surface area contributed by atoms with Gasteiger partial charge in [0, 0.05) is 0 Å². The summed E-state index contributed by atoms with van der Waals surface area (Å²) in [4.78, 5) is 25.1. The molecule has 2 N–H and O–H groups in total. The van der Waals surface area contributed by atoms with Crippen LogP contribution < -0.4 is 11.2 Å². The summed E-state index contributed by atoms with van der Waals surface area (Å²) >= 11 is 0. The van der Waals surface area contributed by atoms with Crippen molar-refractivity contribution in [2.45, 2.75) is 13.0 Å². The molecule has 1 aromatic carbocycles. The minimum absolute atomic E-state index is 0.397. The van der Waals surface area contributed by atoms with Crippen LogP contribution in [-0.4, -0.2) is 14.7 Å². The molecule has 104 valence electrons. The van der Waals surface area contributed by atoms with Crippen LogP contribution in [0.3, 0.4) is 0 Å². The summed E-state index contributed by atoms with van der Waals surface area (Å²) in [6, 6.07) is 5.83. The molecule has 1 unspecified atom stereocenters. The Hall–Kier alpha value is -2.63. The summed E-state index contributed by atoms with van der Waals surface area (Å²) < 4.78 is 14.0.